The number of carbonyl (C=O) groups excluding carboxylic acids is 1. The molecule has 1 N–H and O–H groups in total. The summed E-state index contributed by atoms with van der Waals surface area (Å²) in [5.74, 6) is 0.0276. The van der Waals surface area contributed by atoms with Crippen LogP contribution in [0.15, 0.2) is 23.1 Å². The van der Waals surface area contributed by atoms with E-state index in [9.17, 15) is 13.2 Å². The van der Waals surface area contributed by atoms with Gasteiger partial charge in [0, 0.05) is 19.6 Å². The Labute approximate surface area is 167 Å². The van der Waals surface area contributed by atoms with Gasteiger partial charge in [0.2, 0.25) is 15.9 Å². The Morgan fingerprint density at radius 1 is 1.37 bits per heavy atom. The summed E-state index contributed by atoms with van der Waals surface area (Å²) in [6.45, 7) is 9.55. The molecular weight excluding hydrogens is 388 g/mol. The fourth-order valence-corrected chi connectivity index (χ4v) is 4.79. The molecule has 1 aliphatic rings. The van der Waals surface area contributed by atoms with Gasteiger partial charge in [-0.2, -0.15) is 4.31 Å². The van der Waals surface area contributed by atoms with Crippen LogP contribution in [0.25, 0.3) is 0 Å². The van der Waals surface area contributed by atoms with Crippen molar-refractivity contribution in [3.05, 3.63) is 23.2 Å². The highest BCUT2D eigenvalue weighted by Gasteiger charge is 2.33. The second-order valence-electron chi connectivity index (χ2n) is 8.01. The number of halogens is 1. The van der Waals surface area contributed by atoms with Crippen LogP contribution in [-0.2, 0) is 14.8 Å². The maximum absolute atomic E-state index is 13.0. The minimum atomic E-state index is -3.71. The van der Waals surface area contributed by atoms with Gasteiger partial charge in [0.15, 0.2) is 0 Å². The van der Waals surface area contributed by atoms with Crippen molar-refractivity contribution in [2.75, 3.05) is 26.2 Å². The van der Waals surface area contributed by atoms with Gasteiger partial charge >= 0.3 is 0 Å². The number of nitrogens with zero attached hydrogens (tertiary/aromatic N) is 1. The van der Waals surface area contributed by atoms with E-state index in [0.717, 1.165) is 0 Å². The third kappa shape index (κ3) is 5.83. The fourth-order valence-electron chi connectivity index (χ4n) is 2.94. The Bertz CT molecular complexity index is 774. The quantitative estimate of drug-likeness (QED) is 0.771. The number of hydrogen-bond donors (Lipinski definition) is 1. The van der Waals surface area contributed by atoms with E-state index in [4.69, 9.17) is 16.3 Å². The van der Waals surface area contributed by atoms with Crippen molar-refractivity contribution in [2.24, 2.45) is 11.3 Å². The van der Waals surface area contributed by atoms with Crippen molar-refractivity contribution in [2.45, 2.75) is 45.4 Å². The Morgan fingerprint density at radius 3 is 2.67 bits per heavy atom. The highest BCUT2D eigenvalue weighted by atomic mass is 35.5. The van der Waals surface area contributed by atoms with Gasteiger partial charge in [-0.05, 0) is 43.4 Å². The van der Waals surface area contributed by atoms with E-state index in [2.05, 4.69) is 5.32 Å². The van der Waals surface area contributed by atoms with Gasteiger partial charge in [0.05, 0.1) is 22.4 Å². The molecule has 0 radical (unpaired) electrons. The Balaban J connectivity index is 2.12. The third-order valence-corrected chi connectivity index (χ3v) is 6.55. The fraction of sp³-hybridized carbons (Fsp3) is 0.632. The molecule has 1 aromatic rings. The second kappa shape index (κ2) is 8.80. The maximum Gasteiger partial charge on any atom is 0.243 e. The molecule has 1 saturated heterocycles. The van der Waals surface area contributed by atoms with Gasteiger partial charge in [-0.3, -0.25) is 4.79 Å². The molecule has 0 spiro atoms. The van der Waals surface area contributed by atoms with E-state index in [1.165, 1.54) is 16.4 Å². The normalized spacial score (nSPS) is 18.9. The van der Waals surface area contributed by atoms with Gasteiger partial charge in [-0.25, -0.2) is 8.42 Å². The van der Waals surface area contributed by atoms with Crippen molar-refractivity contribution >= 4 is 27.5 Å². The van der Waals surface area contributed by atoms with Crippen molar-refractivity contribution in [1.29, 1.82) is 0 Å². The Kier molecular flexibility index (Phi) is 7.16. The average Bonchev–Trinajstić information content (AvgIpc) is 2.61. The topological polar surface area (TPSA) is 75.7 Å². The number of amides is 1. The molecule has 1 unspecified atom stereocenters. The van der Waals surface area contributed by atoms with E-state index in [1.54, 1.807) is 6.07 Å². The molecule has 0 aliphatic carbocycles. The van der Waals surface area contributed by atoms with E-state index in [-0.39, 0.29) is 33.7 Å². The van der Waals surface area contributed by atoms with Crippen LogP contribution < -0.4 is 10.1 Å². The number of sulfonamides is 1. The first-order valence-corrected chi connectivity index (χ1v) is 11.1. The molecule has 1 amide bonds. The number of hydrogen-bond acceptors (Lipinski definition) is 4. The summed E-state index contributed by atoms with van der Waals surface area (Å²) >= 11 is 6.14. The summed E-state index contributed by atoms with van der Waals surface area (Å²) < 4.78 is 32.7. The minimum Gasteiger partial charge on any atom is -0.492 e. The van der Waals surface area contributed by atoms with Gasteiger partial charge in [0.25, 0.3) is 0 Å². The van der Waals surface area contributed by atoms with Crippen molar-refractivity contribution in [3.63, 3.8) is 0 Å². The molecule has 152 valence electrons. The van der Waals surface area contributed by atoms with E-state index in [1.807, 2.05) is 27.7 Å². The second-order valence-corrected chi connectivity index (χ2v) is 10.4. The van der Waals surface area contributed by atoms with Crippen LogP contribution in [0, 0.1) is 11.3 Å². The van der Waals surface area contributed by atoms with Crippen LogP contribution in [0.2, 0.25) is 5.02 Å². The maximum atomic E-state index is 13.0. The van der Waals surface area contributed by atoms with Crippen LogP contribution in [-0.4, -0.2) is 44.9 Å². The van der Waals surface area contributed by atoms with Gasteiger partial charge in [-0.1, -0.05) is 32.4 Å². The van der Waals surface area contributed by atoms with Crippen LogP contribution in [0.1, 0.15) is 40.5 Å². The number of piperidine rings is 1. The van der Waals surface area contributed by atoms with Gasteiger partial charge in [-0.15, -0.1) is 0 Å². The van der Waals surface area contributed by atoms with Crippen LogP contribution in [0.3, 0.4) is 0 Å². The standard InChI is InChI=1S/C19H29ClN2O4S/c1-5-26-17-9-8-15(11-16(17)20)27(24,25)22-10-6-7-14(12-22)18(23)21-13-19(2,3)4/h8-9,11,14H,5-7,10,12-13H2,1-4H3,(H,21,23). The zero-order chi connectivity index (χ0) is 20.2. The van der Waals surface area contributed by atoms with Crippen LogP contribution >= 0.6 is 11.6 Å². The third-order valence-electron chi connectivity index (χ3n) is 4.39. The zero-order valence-corrected chi connectivity index (χ0v) is 18.0. The first-order valence-electron chi connectivity index (χ1n) is 9.25. The SMILES string of the molecule is CCOc1ccc(S(=O)(=O)N2CCCC(C(=O)NCC(C)(C)C)C2)cc1Cl. The molecule has 1 fully saturated rings. The van der Waals surface area contributed by atoms with Crippen LogP contribution in [0.5, 0.6) is 5.75 Å². The Morgan fingerprint density at radius 2 is 2.07 bits per heavy atom. The molecular formula is C19H29ClN2O4S. The van der Waals surface area contributed by atoms with E-state index in [0.29, 0.717) is 38.3 Å². The first-order chi connectivity index (χ1) is 12.5. The molecule has 1 heterocycles. The molecule has 6 nitrogen and oxygen atoms in total. The van der Waals surface area contributed by atoms with E-state index >= 15 is 0 Å². The molecule has 0 aromatic heterocycles. The number of rotatable bonds is 6. The summed E-state index contributed by atoms with van der Waals surface area (Å²) in [5, 5.41) is 3.20. The Hall–Kier alpha value is -1.31. The van der Waals surface area contributed by atoms with Gasteiger partial charge in [0.1, 0.15) is 5.75 Å². The predicted molar refractivity (Wildman–Crippen MR) is 107 cm³/mol. The molecule has 1 aliphatic heterocycles. The monoisotopic (exact) mass is 416 g/mol. The highest BCUT2D eigenvalue weighted by molar-refractivity contribution is 7.89. The predicted octanol–water partition coefficient (Wildman–Crippen LogP) is 3.30. The summed E-state index contributed by atoms with van der Waals surface area (Å²) in [5.41, 5.74) is -0.0187. The molecule has 8 heteroatoms. The summed E-state index contributed by atoms with van der Waals surface area (Å²) in [6, 6.07) is 4.47. The molecule has 2 rings (SSSR count). The van der Waals surface area contributed by atoms with Crippen molar-refractivity contribution in [1.82, 2.24) is 9.62 Å². The lowest BCUT2D eigenvalue weighted by Crippen LogP contribution is -2.46. The summed E-state index contributed by atoms with van der Waals surface area (Å²) in [4.78, 5) is 12.6. The molecule has 1 atom stereocenters. The number of ether oxygens (including phenoxy) is 1. The summed E-state index contributed by atoms with van der Waals surface area (Å²) in [6.07, 6.45) is 1.34. The van der Waals surface area contributed by atoms with Crippen molar-refractivity contribution < 1.29 is 17.9 Å². The smallest absolute Gasteiger partial charge is 0.243 e. The largest absolute Gasteiger partial charge is 0.492 e. The van der Waals surface area contributed by atoms with Crippen molar-refractivity contribution in [3.8, 4) is 5.75 Å². The lowest BCUT2D eigenvalue weighted by molar-refractivity contribution is -0.126. The average molecular weight is 417 g/mol. The number of nitrogens with one attached hydrogen (secondary N) is 1. The lowest BCUT2D eigenvalue weighted by atomic mass is 9.95. The number of benzene rings is 1. The molecule has 1 aromatic carbocycles. The van der Waals surface area contributed by atoms with E-state index < -0.39 is 10.0 Å². The summed E-state index contributed by atoms with van der Waals surface area (Å²) in [7, 11) is -3.71. The molecule has 27 heavy (non-hydrogen) atoms. The first kappa shape index (κ1) is 22.0. The lowest BCUT2D eigenvalue weighted by Gasteiger charge is -2.32. The molecule has 0 bridgehead atoms. The zero-order valence-electron chi connectivity index (χ0n) is 16.4. The highest BCUT2D eigenvalue weighted by Crippen LogP contribution is 2.30. The molecule has 0 saturated carbocycles. The minimum absolute atomic E-state index is 0.0187. The number of carbonyl (C=O) groups is 1. The van der Waals surface area contributed by atoms with Crippen LogP contribution in [0.4, 0.5) is 0 Å². The van der Waals surface area contributed by atoms with Gasteiger partial charge < -0.3 is 10.1 Å².